The van der Waals surface area contributed by atoms with E-state index >= 15 is 0 Å². The maximum Gasteiger partial charge on any atom is 0.0732 e. The first kappa shape index (κ1) is 23.1. The van der Waals surface area contributed by atoms with Crippen LogP contribution in [0.5, 0.6) is 0 Å². The largest absolute Gasteiger partial charge is 0.377 e. The van der Waals surface area contributed by atoms with Crippen molar-refractivity contribution in [3.8, 4) is 33.4 Å². The van der Waals surface area contributed by atoms with Crippen molar-refractivity contribution in [1.82, 2.24) is 0 Å². The van der Waals surface area contributed by atoms with Crippen LogP contribution in [0.25, 0.3) is 53.6 Å². The Balaban J connectivity index is 1.49. The van der Waals surface area contributed by atoms with E-state index < -0.39 is 5.41 Å². The number of para-hydroxylation sites is 1. The summed E-state index contributed by atoms with van der Waals surface area (Å²) in [5.74, 6) is 0. The van der Waals surface area contributed by atoms with Crippen LogP contribution in [0.2, 0.25) is 0 Å². The maximum absolute atomic E-state index is 2.44. The Labute approximate surface area is 244 Å². The zero-order chi connectivity index (χ0) is 27.3. The number of hydrogen-bond donors (Lipinski definition) is 0. The molecule has 0 aliphatic heterocycles. The summed E-state index contributed by atoms with van der Waals surface area (Å²) in [4.78, 5) is 2.24. The van der Waals surface area contributed by atoms with E-state index in [1.165, 1.54) is 81.5 Å². The average Bonchev–Trinajstić information content (AvgIpc) is 3.65. The lowest BCUT2D eigenvalue weighted by molar-refractivity contribution is 0.796. The molecule has 0 saturated carbocycles. The third-order valence-electron chi connectivity index (χ3n) is 9.29. The lowest BCUT2D eigenvalue weighted by Crippen LogP contribution is -2.26. The van der Waals surface area contributed by atoms with Gasteiger partial charge < -0.3 is 4.90 Å². The molecule has 2 aliphatic carbocycles. The fourth-order valence-corrected chi connectivity index (χ4v) is 9.04. The van der Waals surface area contributed by atoms with Crippen molar-refractivity contribution in [3.05, 3.63) is 150 Å². The van der Waals surface area contributed by atoms with Crippen LogP contribution in [-0.2, 0) is 5.41 Å². The molecule has 0 N–H and O–H groups in total. The molecule has 9 rings (SSSR count). The second kappa shape index (κ2) is 8.19. The molecular formula is C39H27NS. The second-order valence-corrected chi connectivity index (χ2v) is 12.5. The SMILES string of the molecule is CN(C)c1ccccc1-c1cccc2c1C1(c3ccccc3-2)c2ccccc2-c2c1ccc1c2sc2ccccc21. The minimum absolute atomic E-state index is 0.391. The number of thiophene rings is 1. The number of anilines is 1. The summed E-state index contributed by atoms with van der Waals surface area (Å²) >= 11 is 1.94. The summed E-state index contributed by atoms with van der Waals surface area (Å²) in [5, 5.41) is 2.70. The number of benzene rings is 6. The highest BCUT2D eigenvalue weighted by Crippen LogP contribution is 2.66. The monoisotopic (exact) mass is 541 g/mol. The van der Waals surface area contributed by atoms with Gasteiger partial charge in [-0.25, -0.2) is 0 Å². The van der Waals surface area contributed by atoms with Crippen LogP contribution in [0.4, 0.5) is 5.69 Å². The van der Waals surface area contributed by atoms with E-state index in [4.69, 9.17) is 0 Å². The molecule has 2 aliphatic rings. The molecule has 2 heteroatoms. The van der Waals surface area contributed by atoms with E-state index in [0.29, 0.717) is 0 Å². The molecule has 1 aromatic heterocycles. The van der Waals surface area contributed by atoms with E-state index in [9.17, 15) is 0 Å². The lowest BCUT2D eigenvalue weighted by Gasteiger charge is -2.33. The predicted molar refractivity (Wildman–Crippen MR) is 175 cm³/mol. The third kappa shape index (κ3) is 2.81. The lowest BCUT2D eigenvalue weighted by atomic mass is 9.68. The zero-order valence-corrected chi connectivity index (χ0v) is 23.8. The number of hydrogen-bond acceptors (Lipinski definition) is 2. The van der Waals surface area contributed by atoms with Gasteiger partial charge in [-0.2, -0.15) is 0 Å². The predicted octanol–water partition coefficient (Wildman–Crippen LogP) is 10.1. The Morgan fingerprint density at radius 1 is 0.488 bits per heavy atom. The van der Waals surface area contributed by atoms with Crippen LogP contribution in [0.1, 0.15) is 22.3 Å². The van der Waals surface area contributed by atoms with Gasteiger partial charge in [0.25, 0.3) is 0 Å². The summed E-state index contributed by atoms with van der Waals surface area (Å²) in [6, 6.07) is 47.7. The van der Waals surface area contributed by atoms with E-state index in [1.807, 2.05) is 11.3 Å². The minimum atomic E-state index is -0.391. The number of rotatable bonds is 2. The van der Waals surface area contributed by atoms with Crippen molar-refractivity contribution in [2.24, 2.45) is 0 Å². The first-order valence-electron chi connectivity index (χ1n) is 14.2. The van der Waals surface area contributed by atoms with Crippen LogP contribution in [0.3, 0.4) is 0 Å². The molecule has 7 aromatic rings. The molecule has 1 atom stereocenters. The maximum atomic E-state index is 2.44. The van der Waals surface area contributed by atoms with Gasteiger partial charge >= 0.3 is 0 Å². The number of fused-ring (bicyclic) bond motifs is 14. The van der Waals surface area contributed by atoms with Crippen LogP contribution in [0.15, 0.2) is 127 Å². The Kier molecular flexibility index (Phi) is 4.61. The van der Waals surface area contributed by atoms with Crippen molar-refractivity contribution in [2.75, 3.05) is 19.0 Å². The fourth-order valence-electron chi connectivity index (χ4n) is 7.78. The molecule has 41 heavy (non-hydrogen) atoms. The van der Waals surface area contributed by atoms with Crippen LogP contribution in [-0.4, -0.2) is 14.1 Å². The summed E-state index contributed by atoms with van der Waals surface area (Å²) in [6.07, 6.45) is 0. The highest BCUT2D eigenvalue weighted by Gasteiger charge is 2.53. The van der Waals surface area contributed by atoms with E-state index in [1.54, 1.807) is 0 Å². The molecule has 0 fully saturated rings. The summed E-state index contributed by atoms with van der Waals surface area (Å²) in [5.41, 5.74) is 14.4. The minimum Gasteiger partial charge on any atom is -0.377 e. The van der Waals surface area contributed by atoms with Crippen LogP contribution >= 0.6 is 11.3 Å². The highest BCUT2D eigenvalue weighted by atomic mass is 32.1. The molecule has 6 aromatic carbocycles. The Bertz CT molecular complexity index is 2200. The van der Waals surface area contributed by atoms with Gasteiger partial charge in [-0.05, 0) is 56.6 Å². The van der Waals surface area contributed by atoms with Crippen molar-refractivity contribution in [3.63, 3.8) is 0 Å². The molecule has 0 bridgehead atoms. The van der Waals surface area contributed by atoms with Crippen molar-refractivity contribution < 1.29 is 0 Å². The summed E-state index contributed by atoms with van der Waals surface area (Å²) in [7, 11) is 4.29. The van der Waals surface area contributed by atoms with Crippen molar-refractivity contribution in [1.29, 1.82) is 0 Å². The first-order chi connectivity index (χ1) is 20.2. The topological polar surface area (TPSA) is 3.24 Å². The normalized spacial score (nSPS) is 16.1. The van der Waals surface area contributed by atoms with Gasteiger partial charge in [0, 0.05) is 51.1 Å². The van der Waals surface area contributed by atoms with Gasteiger partial charge in [-0.3, -0.25) is 0 Å². The smallest absolute Gasteiger partial charge is 0.0732 e. The molecule has 0 amide bonds. The molecule has 0 saturated heterocycles. The standard InChI is InChI=1S/C39H27NS/c1-40(2)34-20-9-5-13-25(34)28-17-11-16-27-24-12-3-7-18-31(24)39(37(27)28)32-19-8-4-15-30(32)36-33(39)23-22-29-26-14-6-10-21-35(26)41-38(29)36/h3-23H,1-2H3. The zero-order valence-electron chi connectivity index (χ0n) is 23.0. The van der Waals surface area contributed by atoms with Crippen molar-refractivity contribution >= 4 is 37.2 Å². The van der Waals surface area contributed by atoms with Crippen LogP contribution < -0.4 is 4.90 Å². The average molecular weight is 542 g/mol. The number of nitrogens with zero attached hydrogens (tertiary/aromatic N) is 1. The quantitative estimate of drug-likeness (QED) is 0.210. The highest BCUT2D eigenvalue weighted by molar-refractivity contribution is 7.26. The molecule has 1 heterocycles. The Hall–Kier alpha value is -4.66. The molecule has 1 spiro atoms. The van der Waals surface area contributed by atoms with Gasteiger partial charge in [0.2, 0.25) is 0 Å². The molecular weight excluding hydrogens is 515 g/mol. The molecule has 0 radical (unpaired) electrons. The molecule has 1 nitrogen and oxygen atoms in total. The summed E-state index contributed by atoms with van der Waals surface area (Å²) < 4.78 is 2.74. The van der Waals surface area contributed by atoms with Crippen molar-refractivity contribution in [2.45, 2.75) is 5.41 Å². The molecule has 194 valence electrons. The first-order valence-corrected chi connectivity index (χ1v) is 15.1. The van der Waals surface area contributed by atoms with Gasteiger partial charge in [0.15, 0.2) is 0 Å². The summed E-state index contributed by atoms with van der Waals surface area (Å²) in [6.45, 7) is 0. The fraction of sp³-hybridized carbons (Fsp3) is 0.0769. The van der Waals surface area contributed by atoms with E-state index in [-0.39, 0.29) is 0 Å². The van der Waals surface area contributed by atoms with Gasteiger partial charge in [0.1, 0.15) is 0 Å². The molecule has 1 unspecified atom stereocenters. The van der Waals surface area contributed by atoms with Gasteiger partial charge in [-0.15, -0.1) is 11.3 Å². The van der Waals surface area contributed by atoms with Gasteiger partial charge in [0.05, 0.1) is 5.41 Å². The van der Waals surface area contributed by atoms with E-state index in [2.05, 4.69) is 146 Å². The Morgan fingerprint density at radius 3 is 1.90 bits per heavy atom. The second-order valence-electron chi connectivity index (χ2n) is 11.4. The Morgan fingerprint density at radius 2 is 1.10 bits per heavy atom. The third-order valence-corrected chi connectivity index (χ3v) is 10.5. The van der Waals surface area contributed by atoms with E-state index in [0.717, 1.165) is 0 Å². The van der Waals surface area contributed by atoms with Gasteiger partial charge in [-0.1, -0.05) is 115 Å². The van der Waals surface area contributed by atoms with Crippen LogP contribution in [0, 0.1) is 0 Å².